The summed E-state index contributed by atoms with van der Waals surface area (Å²) in [5, 5.41) is 3.48. The number of nitrogens with one attached hydrogen (secondary N) is 1. The molecule has 0 fully saturated rings. The number of anilines is 1. The lowest BCUT2D eigenvalue weighted by Gasteiger charge is -2.34. The lowest BCUT2D eigenvalue weighted by Crippen LogP contribution is -2.54. The van der Waals surface area contributed by atoms with Gasteiger partial charge < -0.3 is 10.2 Å². The molecule has 10 heteroatoms. The van der Waals surface area contributed by atoms with Crippen LogP contribution in [0.1, 0.15) is 37.0 Å². The molecule has 0 unspecified atom stereocenters. The average Bonchev–Trinajstić information content (AvgIpc) is 2.88. The molecule has 0 aliphatic carbocycles. The third kappa shape index (κ3) is 8.98. The first-order valence-corrected chi connectivity index (χ1v) is 15.6. The Balaban J connectivity index is 2.08. The highest BCUT2D eigenvalue weighted by molar-refractivity contribution is 7.92. The summed E-state index contributed by atoms with van der Waals surface area (Å²) in [4.78, 5) is 29.3. The number of halogens is 2. The molecular weight excluding hydrogens is 569 g/mol. The molecule has 0 aliphatic rings. The fourth-order valence-corrected chi connectivity index (χ4v) is 5.65. The van der Waals surface area contributed by atoms with Gasteiger partial charge in [-0.1, -0.05) is 90.3 Å². The molecule has 7 nitrogen and oxygen atoms in total. The van der Waals surface area contributed by atoms with Crippen molar-refractivity contribution in [2.24, 2.45) is 0 Å². The maximum absolute atomic E-state index is 14.1. The maximum atomic E-state index is 14.1. The van der Waals surface area contributed by atoms with Gasteiger partial charge in [-0.25, -0.2) is 8.42 Å². The molecule has 3 rings (SSSR count). The molecule has 1 N–H and O–H groups in total. The fraction of sp³-hybridized carbons (Fsp3) is 0.333. The van der Waals surface area contributed by atoms with Gasteiger partial charge in [0.2, 0.25) is 21.8 Å². The average molecular weight is 605 g/mol. The van der Waals surface area contributed by atoms with Crippen molar-refractivity contribution in [1.82, 2.24) is 10.2 Å². The molecule has 3 aromatic carbocycles. The van der Waals surface area contributed by atoms with Crippen LogP contribution in [0.2, 0.25) is 10.0 Å². The van der Waals surface area contributed by atoms with Crippen LogP contribution < -0.4 is 9.62 Å². The summed E-state index contributed by atoms with van der Waals surface area (Å²) < 4.78 is 26.7. The number of carbonyl (C=O) groups excluding carboxylic acids is 2. The van der Waals surface area contributed by atoms with E-state index in [4.69, 9.17) is 23.2 Å². The Hall–Kier alpha value is -3.07. The van der Waals surface area contributed by atoms with Crippen molar-refractivity contribution < 1.29 is 18.0 Å². The van der Waals surface area contributed by atoms with Crippen LogP contribution in [0, 0.1) is 6.92 Å². The first kappa shape index (κ1) is 31.5. The van der Waals surface area contributed by atoms with E-state index in [-0.39, 0.29) is 40.6 Å². The van der Waals surface area contributed by atoms with Crippen molar-refractivity contribution in [2.75, 3.05) is 17.1 Å². The maximum Gasteiger partial charge on any atom is 0.244 e. The van der Waals surface area contributed by atoms with Gasteiger partial charge in [-0.2, -0.15) is 0 Å². The molecule has 40 heavy (non-hydrogen) atoms. The van der Waals surface area contributed by atoms with E-state index in [1.165, 1.54) is 23.1 Å². The van der Waals surface area contributed by atoms with Crippen LogP contribution in [0.3, 0.4) is 0 Å². The molecular formula is C30H35Cl2N3O4S. The Morgan fingerprint density at radius 3 is 2.12 bits per heavy atom. The summed E-state index contributed by atoms with van der Waals surface area (Å²) in [7, 11) is -3.92. The molecule has 0 aliphatic heterocycles. The first-order chi connectivity index (χ1) is 18.9. The van der Waals surface area contributed by atoms with Gasteiger partial charge in [0.25, 0.3) is 0 Å². The third-order valence-electron chi connectivity index (χ3n) is 6.52. The molecule has 2 amide bonds. The topological polar surface area (TPSA) is 86.8 Å². The van der Waals surface area contributed by atoms with E-state index >= 15 is 0 Å². The van der Waals surface area contributed by atoms with Gasteiger partial charge in [-0.3, -0.25) is 13.9 Å². The second-order valence-electron chi connectivity index (χ2n) is 9.93. The van der Waals surface area contributed by atoms with Gasteiger partial charge in [0, 0.05) is 29.1 Å². The number of carbonyl (C=O) groups is 2. The minimum atomic E-state index is -3.92. The minimum absolute atomic E-state index is 0.109. The zero-order valence-electron chi connectivity index (χ0n) is 23.1. The van der Waals surface area contributed by atoms with Crippen molar-refractivity contribution in [3.05, 3.63) is 99.5 Å². The minimum Gasteiger partial charge on any atom is -0.352 e. The van der Waals surface area contributed by atoms with Crippen LogP contribution in [-0.2, 0) is 32.6 Å². The van der Waals surface area contributed by atoms with Crippen molar-refractivity contribution in [2.45, 2.75) is 52.2 Å². The second-order valence-corrected chi connectivity index (χ2v) is 12.7. The van der Waals surface area contributed by atoms with Gasteiger partial charge in [0.05, 0.1) is 11.9 Å². The standard InChI is InChI=1S/C30H35Cl2N3O4S/c1-5-22(3)33-30(37)28(15-23-11-7-6-8-12-23)34(19-24-13-9-10-21(2)14-24)29(36)20-35(40(4,38)39)27-17-25(31)16-26(32)18-27/h6-14,16-18,22,28H,5,15,19-20H2,1-4H3,(H,33,37)/t22-,28+/m0/s1. The molecule has 0 aromatic heterocycles. The van der Waals surface area contributed by atoms with Crippen LogP contribution >= 0.6 is 23.2 Å². The van der Waals surface area contributed by atoms with Crippen LogP contribution in [0.25, 0.3) is 0 Å². The molecule has 3 aromatic rings. The number of nitrogens with zero attached hydrogens (tertiary/aromatic N) is 2. The number of benzene rings is 3. The first-order valence-electron chi connectivity index (χ1n) is 13.0. The summed E-state index contributed by atoms with van der Waals surface area (Å²) in [6, 6.07) is 20.4. The van der Waals surface area contributed by atoms with Gasteiger partial charge in [-0.15, -0.1) is 0 Å². The van der Waals surface area contributed by atoms with E-state index in [0.717, 1.165) is 27.3 Å². The highest BCUT2D eigenvalue weighted by atomic mass is 35.5. The molecule has 0 bridgehead atoms. The van der Waals surface area contributed by atoms with Gasteiger partial charge in [-0.05, 0) is 49.6 Å². The molecule has 0 heterocycles. The summed E-state index contributed by atoms with van der Waals surface area (Å²) in [5.41, 5.74) is 2.85. The molecule has 214 valence electrons. The molecule has 0 radical (unpaired) electrons. The van der Waals surface area contributed by atoms with E-state index in [1.807, 2.05) is 75.4 Å². The van der Waals surface area contributed by atoms with Crippen molar-refractivity contribution in [3.63, 3.8) is 0 Å². The SMILES string of the molecule is CC[C@H](C)NC(=O)[C@@H](Cc1ccccc1)N(Cc1cccc(C)c1)C(=O)CN(c1cc(Cl)cc(Cl)c1)S(C)(=O)=O. The Morgan fingerprint density at radius 1 is 0.925 bits per heavy atom. The van der Waals surface area contributed by atoms with Crippen molar-refractivity contribution >= 4 is 50.7 Å². The van der Waals surface area contributed by atoms with E-state index in [9.17, 15) is 18.0 Å². The summed E-state index contributed by atoms with van der Waals surface area (Å²) in [6.07, 6.45) is 1.98. The normalized spacial score (nSPS) is 12.8. The summed E-state index contributed by atoms with van der Waals surface area (Å²) >= 11 is 12.3. The Labute approximate surface area is 247 Å². The van der Waals surface area contributed by atoms with E-state index in [1.54, 1.807) is 0 Å². The summed E-state index contributed by atoms with van der Waals surface area (Å²) in [6.45, 7) is 5.38. The highest BCUT2D eigenvalue weighted by Gasteiger charge is 2.33. The Kier molecular flexibility index (Phi) is 11.0. The quantitative estimate of drug-likeness (QED) is 0.291. The molecule has 2 atom stereocenters. The number of hydrogen-bond donors (Lipinski definition) is 1. The number of amides is 2. The predicted molar refractivity (Wildman–Crippen MR) is 162 cm³/mol. The van der Waals surface area contributed by atoms with Crippen LogP contribution in [-0.4, -0.2) is 50.0 Å². The lowest BCUT2D eigenvalue weighted by molar-refractivity contribution is -0.140. The molecule has 0 saturated heterocycles. The summed E-state index contributed by atoms with van der Waals surface area (Å²) in [5.74, 6) is -0.848. The number of sulfonamides is 1. The zero-order chi connectivity index (χ0) is 29.4. The Morgan fingerprint density at radius 2 is 1.55 bits per heavy atom. The zero-order valence-corrected chi connectivity index (χ0v) is 25.4. The van der Waals surface area contributed by atoms with Crippen LogP contribution in [0.5, 0.6) is 0 Å². The van der Waals surface area contributed by atoms with Crippen molar-refractivity contribution in [1.29, 1.82) is 0 Å². The molecule has 0 spiro atoms. The highest BCUT2D eigenvalue weighted by Crippen LogP contribution is 2.27. The smallest absolute Gasteiger partial charge is 0.244 e. The second kappa shape index (κ2) is 14.0. The third-order valence-corrected chi connectivity index (χ3v) is 8.10. The lowest BCUT2D eigenvalue weighted by atomic mass is 10.0. The largest absolute Gasteiger partial charge is 0.352 e. The fourth-order valence-electron chi connectivity index (χ4n) is 4.30. The van der Waals surface area contributed by atoms with Gasteiger partial charge in [0.1, 0.15) is 12.6 Å². The number of hydrogen-bond acceptors (Lipinski definition) is 4. The van der Waals surface area contributed by atoms with E-state index < -0.39 is 28.5 Å². The van der Waals surface area contributed by atoms with Crippen molar-refractivity contribution in [3.8, 4) is 0 Å². The van der Waals surface area contributed by atoms with E-state index in [0.29, 0.717) is 6.42 Å². The Bertz CT molecular complexity index is 1410. The van der Waals surface area contributed by atoms with Gasteiger partial charge >= 0.3 is 0 Å². The van der Waals surface area contributed by atoms with Crippen LogP contribution in [0.15, 0.2) is 72.8 Å². The molecule has 0 saturated carbocycles. The number of rotatable bonds is 12. The number of aryl methyl sites for hydroxylation is 1. The van der Waals surface area contributed by atoms with Gasteiger partial charge in [0.15, 0.2) is 0 Å². The van der Waals surface area contributed by atoms with Crippen LogP contribution in [0.4, 0.5) is 5.69 Å². The monoisotopic (exact) mass is 603 g/mol. The predicted octanol–water partition coefficient (Wildman–Crippen LogP) is 5.62. The van der Waals surface area contributed by atoms with E-state index in [2.05, 4.69) is 5.32 Å².